The summed E-state index contributed by atoms with van der Waals surface area (Å²) in [5, 5.41) is 0. The highest BCUT2D eigenvalue weighted by Crippen LogP contribution is 2.20. The van der Waals surface area contributed by atoms with Gasteiger partial charge in [0.05, 0.1) is 5.56 Å². The molecular weight excluding hydrogens is 270 g/mol. The predicted molar refractivity (Wildman–Crippen MR) is 41.9 cm³/mol. The average molecular weight is 273 g/mol. The van der Waals surface area contributed by atoms with Gasteiger partial charge in [-0.25, -0.2) is 13.8 Å². The molecule has 0 aliphatic carbocycles. The van der Waals surface area contributed by atoms with Crippen molar-refractivity contribution in [1.29, 1.82) is 0 Å². The first kappa shape index (κ1) is 8.76. The molecule has 11 heavy (non-hydrogen) atoms. The van der Waals surface area contributed by atoms with Crippen LogP contribution in [0.3, 0.4) is 0 Å². The maximum atomic E-state index is 12.5. The lowest BCUT2D eigenvalue weighted by Crippen LogP contribution is -1.95. The van der Waals surface area contributed by atoms with Crippen LogP contribution in [-0.4, -0.2) is 4.98 Å². The van der Waals surface area contributed by atoms with Crippen molar-refractivity contribution < 1.29 is 13.2 Å². The van der Waals surface area contributed by atoms with Crippen LogP contribution in [0.25, 0.3) is 0 Å². The zero-order valence-electron chi connectivity index (χ0n) is 5.19. The molecule has 60 valence electrons. The van der Waals surface area contributed by atoms with Crippen LogP contribution in [0.5, 0.6) is 0 Å². The van der Waals surface area contributed by atoms with Crippen LogP contribution in [0.15, 0.2) is 12.1 Å². The Hall–Kier alpha value is -0.330. The quantitative estimate of drug-likeness (QED) is 0.566. The van der Waals surface area contributed by atoms with Crippen molar-refractivity contribution in [1.82, 2.24) is 4.98 Å². The summed E-state index contributed by atoms with van der Waals surface area (Å²) in [6.07, 6.45) is -2.79. The molecule has 0 aliphatic rings. The molecule has 0 saturated heterocycles. The molecule has 0 aromatic carbocycles. The smallest absolute Gasteiger partial charge is 0.213 e. The maximum absolute atomic E-state index is 12.5. The van der Waals surface area contributed by atoms with Gasteiger partial charge in [0, 0.05) is 0 Å². The van der Waals surface area contributed by atoms with Gasteiger partial charge in [0.15, 0.2) is 0 Å². The molecule has 5 heteroatoms. The third kappa shape index (κ3) is 2.05. The Labute approximate surface area is 74.8 Å². The molecular formula is C6H3F3IN. The second-order valence-corrected chi connectivity index (χ2v) is 2.92. The summed E-state index contributed by atoms with van der Waals surface area (Å²) in [6.45, 7) is 0. The van der Waals surface area contributed by atoms with Gasteiger partial charge in [-0.1, -0.05) is 0 Å². The van der Waals surface area contributed by atoms with E-state index in [0.29, 0.717) is 3.70 Å². The van der Waals surface area contributed by atoms with Crippen LogP contribution in [0, 0.1) is 9.65 Å². The summed E-state index contributed by atoms with van der Waals surface area (Å²) in [5.74, 6) is -1.09. The second kappa shape index (κ2) is 3.38. The summed E-state index contributed by atoms with van der Waals surface area (Å²) in [6, 6.07) is 2.37. The van der Waals surface area contributed by atoms with E-state index < -0.39 is 17.9 Å². The molecule has 0 spiro atoms. The van der Waals surface area contributed by atoms with E-state index in [9.17, 15) is 13.2 Å². The van der Waals surface area contributed by atoms with Gasteiger partial charge in [-0.2, -0.15) is 4.39 Å². The van der Waals surface area contributed by atoms with E-state index in [-0.39, 0.29) is 0 Å². The lowest BCUT2D eigenvalue weighted by molar-refractivity contribution is 0.145. The third-order valence-corrected chi connectivity index (χ3v) is 1.68. The zero-order valence-corrected chi connectivity index (χ0v) is 7.35. The molecule has 0 atom stereocenters. The van der Waals surface area contributed by atoms with Crippen LogP contribution in [0.1, 0.15) is 12.0 Å². The Morgan fingerprint density at radius 3 is 2.45 bits per heavy atom. The fraction of sp³-hybridized carbons (Fsp3) is 0.167. The summed E-state index contributed by atoms with van der Waals surface area (Å²) in [4.78, 5) is 3.23. The molecule has 1 aromatic rings. The van der Waals surface area contributed by atoms with Gasteiger partial charge in [-0.05, 0) is 34.7 Å². The largest absolute Gasteiger partial charge is 0.268 e. The van der Waals surface area contributed by atoms with Crippen molar-refractivity contribution in [3.63, 3.8) is 0 Å². The van der Waals surface area contributed by atoms with Crippen LogP contribution < -0.4 is 0 Å². The predicted octanol–water partition coefficient (Wildman–Crippen LogP) is 2.76. The summed E-state index contributed by atoms with van der Waals surface area (Å²) in [7, 11) is 0. The van der Waals surface area contributed by atoms with Crippen molar-refractivity contribution >= 4 is 22.6 Å². The topological polar surface area (TPSA) is 12.9 Å². The molecule has 1 rings (SSSR count). The summed E-state index contributed by atoms with van der Waals surface area (Å²) < 4.78 is 36.6. The highest BCUT2D eigenvalue weighted by Gasteiger charge is 2.13. The fourth-order valence-electron chi connectivity index (χ4n) is 0.586. The standard InChI is InChI=1S/C6H3F3IN/c7-5(8)3-1-2-4(10)11-6(3)9/h1-2,5H. The van der Waals surface area contributed by atoms with Crippen molar-refractivity contribution in [2.75, 3.05) is 0 Å². The van der Waals surface area contributed by atoms with E-state index in [0.717, 1.165) is 6.07 Å². The molecule has 1 heterocycles. The Bertz CT molecular complexity index is 264. The first-order valence-electron chi connectivity index (χ1n) is 2.71. The van der Waals surface area contributed by atoms with Gasteiger partial charge in [-0.3, -0.25) is 0 Å². The molecule has 1 nitrogen and oxygen atoms in total. The lowest BCUT2D eigenvalue weighted by Gasteiger charge is -1.99. The van der Waals surface area contributed by atoms with Gasteiger partial charge in [0.1, 0.15) is 3.70 Å². The van der Waals surface area contributed by atoms with Gasteiger partial charge >= 0.3 is 0 Å². The fourth-order valence-corrected chi connectivity index (χ4v) is 0.977. The van der Waals surface area contributed by atoms with E-state index >= 15 is 0 Å². The maximum Gasteiger partial charge on any atom is 0.268 e. The first-order valence-corrected chi connectivity index (χ1v) is 3.79. The number of rotatable bonds is 1. The van der Waals surface area contributed by atoms with Crippen molar-refractivity contribution in [2.24, 2.45) is 0 Å². The molecule has 0 saturated carbocycles. The third-order valence-electron chi connectivity index (χ3n) is 1.08. The van der Waals surface area contributed by atoms with E-state index in [1.807, 2.05) is 0 Å². The molecule has 0 fully saturated rings. The minimum absolute atomic E-state index is 0.365. The van der Waals surface area contributed by atoms with Crippen molar-refractivity contribution in [3.8, 4) is 0 Å². The highest BCUT2D eigenvalue weighted by molar-refractivity contribution is 14.1. The molecule has 0 amide bonds. The second-order valence-electron chi connectivity index (χ2n) is 1.81. The normalized spacial score (nSPS) is 10.6. The molecule has 0 N–H and O–H groups in total. The van der Waals surface area contributed by atoms with Gasteiger partial charge in [-0.15, -0.1) is 0 Å². The molecule has 0 unspecified atom stereocenters. The van der Waals surface area contributed by atoms with Crippen molar-refractivity contribution in [3.05, 3.63) is 27.3 Å². The highest BCUT2D eigenvalue weighted by atomic mass is 127. The lowest BCUT2D eigenvalue weighted by atomic mass is 10.3. The number of hydrogen-bond acceptors (Lipinski definition) is 1. The minimum atomic E-state index is -2.79. The Kier molecular flexibility index (Phi) is 2.69. The number of pyridine rings is 1. The molecule has 0 bridgehead atoms. The van der Waals surface area contributed by atoms with Gasteiger partial charge in [0.2, 0.25) is 5.95 Å². The zero-order chi connectivity index (χ0) is 8.43. The average Bonchev–Trinajstić information content (AvgIpc) is 1.85. The Morgan fingerprint density at radius 1 is 1.36 bits per heavy atom. The molecule has 0 aliphatic heterocycles. The summed E-state index contributed by atoms with van der Waals surface area (Å²) in [5.41, 5.74) is -0.648. The molecule has 1 aromatic heterocycles. The monoisotopic (exact) mass is 273 g/mol. The van der Waals surface area contributed by atoms with Gasteiger partial charge in [0.25, 0.3) is 6.43 Å². The number of hydrogen-bond donors (Lipinski definition) is 0. The van der Waals surface area contributed by atoms with E-state index in [4.69, 9.17) is 0 Å². The van der Waals surface area contributed by atoms with Crippen LogP contribution in [-0.2, 0) is 0 Å². The first-order chi connectivity index (χ1) is 5.11. The van der Waals surface area contributed by atoms with Crippen molar-refractivity contribution in [2.45, 2.75) is 6.43 Å². The van der Waals surface area contributed by atoms with Crippen LogP contribution >= 0.6 is 22.6 Å². The molecule has 0 radical (unpaired) electrons. The number of aromatic nitrogens is 1. The number of alkyl halides is 2. The van der Waals surface area contributed by atoms with Crippen LogP contribution in [0.4, 0.5) is 13.2 Å². The van der Waals surface area contributed by atoms with E-state index in [1.165, 1.54) is 6.07 Å². The SMILES string of the molecule is Fc1nc(I)ccc1C(F)F. The van der Waals surface area contributed by atoms with E-state index in [1.54, 1.807) is 22.6 Å². The number of halogens is 4. The number of nitrogens with zero attached hydrogens (tertiary/aromatic N) is 1. The Morgan fingerprint density at radius 2 is 2.00 bits per heavy atom. The summed E-state index contributed by atoms with van der Waals surface area (Å²) >= 11 is 1.75. The van der Waals surface area contributed by atoms with Gasteiger partial charge < -0.3 is 0 Å². The minimum Gasteiger partial charge on any atom is -0.213 e. The Balaban J connectivity index is 3.09. The van der Waals surface area contributed by atoms with E-state index in [2.05, 4.69) is 4.98 Å². The van der Waals surface area contributed by atoms with Crippen LogP contribution in [0.2, 0.25) is 0 Å².